The van der Waals surface area contributed by atoms with Gasteiger partial charge in [-0.05, 0) is 24.7 Å². The summed E-state index contributed by atoms with van der Waals surface area (Å²) in [6.07, 6.45) is 35.8. The zero-order chi connectivity index (χ0) is 32.8. The highest BCUT2D eigenvalue weighted by Gasteiger charge is 2.22. The Balaban J connectivity index is 1.37. The number of nitrogens with zero attached hydrogens (tertiary/aromatic N) is 6. The smallest absolute Gasteiger partial charge is 0.315 e. The van der Waals surface area contributed by atoms with E-state index in [1.54, 1.807) is 10.9 Å². The van der Waals surface area contributed by atoms with Gasteiger partial charge >= 0.3 is 5.69 Å². The predicted octanol–water partition coefficient (Wildman–Crippen LogP) is 11.2. The van der Waals surface area contributed by atoms with E-state index in [0.29, 0.717) is 35.4 Å². The summed E-state index contributed by atoms with van der Waals surface area (Å²) in [6.45, 7) is 10.6. The van der Waals surface area contributed by atoms with Crippen LogP contribution in [0.2, 0.25) is 0 Å². The molecule has 0 aliphatic carbocycles. The molecule has 0 aromatic carbocycles. The fourth-order valence-corrected chi connectivity index (χ4v) is 6.97. The average Bonchev–Trinajstić information content (AvgIpc) is 3.51. The van der Waals surface area contributed by atoms with Gasteiger partial charge in [-0.1, -0.05) is 169 Å². The first kappa shape index (κ1) is 38.1. The van der Waals surface area contributed by atoms with Crippen LogP contribution in [-0.4, -0.2) is 29.1 Å². The van der Waals surface area contributed by atoms with Crippen LogP contribution in [-0.2, 0) is 13.1 Å². The van der Waals surface area contributed by atoms with Gasteiger partial charge in [-0.2, -0.15) is 4.98 Å². The molecule has 7 nitrogen and oxygen atoms in total. The second-order valence-corrected chi connectivity index (χ2v) is 14.5. The molecule has 0 N–H and O–H groups in total. The maximum Gasteiger partial charge on any atom is 0.350 e. The summed E-state index contributed by atoms with van der Waals surface area (Å²) in [5.74, 6) is 1.54. The van der Waals surface area contributed by atoms with E-state index >= 15 is 0 Å². The Labute approximate surface area is 281 Å². The number of hydrogen-bond acceptors (Lipinski definition) is 5. The van der Waals surface area contributed by atoms with E-state index in [1.165, 1.54) is 148 Å². The fraction of sp³-hybridized carbons (Fsp3) is 0.821. The van der Waals surface area contributed by atoms with Crippen LogP contribution in [0.4, 0.5) is 0 Å². The average molecular weight is 637 g/mol. The van der Waals surface area contributed by atoms with E-state index in [2.05, 4.69) is 52.2 Å². The Kier molecular flexibility index (Phi) is 19.1. The quantitative estimate of drug-likeness (QED) is 0.0741. The molecule has 0 radical (unpaired) electrons. The molecule has 3 rings (SSSR count). The van der Waals surface area contributed by atoms with Crippen LogP contribution >= 0.6 is 0 Å². The van der Waals surface area contributed by atoms with Gasteiger partial charge < -0.3 is 4.57 Å². The number of hydrogen-bond donors (Lipinski definition) is 0. The molecular weight excluding hydrogens is 568 g/mol. The summed E-state index contributed by atoms with van der Waals surface area (Å²) in [7, 11) is 0. The number of unbranched alkanes of at least 4 members (excludes halogenated alkanes) is 20. The molecule has 0 saturated carbocycles. The van der Waals surface area contributed by atoms with Crippen molar-refractivity contribution in [2.24, 2.45) is 11.8 Å². The van der Waals surface area contributed by atoms with Crippen LogP contribution < -0.4 is 5.69 Å². The predicted molar refractivity (Wildman–Crippen MR) is 194 cm³/mol. The summed E-state index contributed by atoms with van der Waals surface area (Å²) in [6, 6.07) is 0. The highest BCUT2D eigenvalue weighted by Crippen LogP contribution is 2.25. The second kappa shape index (κ2) is 23.1. The zero-order valence-electron chi connectivity index (χ0n) is 30.3. The van der Waals surface area contributed by atoms with E-state index in [1.807, 2.05) is 6.33 Å². The van der Waals surface area contributed by atoms with Gasteiger partial charge in [0.15, 0.2) is 11.5 Å². The zero-order valence-corrected chi connectivity index (χ0v) is 30.3. The molecule has 3 heterocycles. The molecule has 1 aromatic rings. The maximum atomic E-state index is 13.0. The number of rotatable bonds is 28. The summed E-state index contributed by atoms with van der Waals surface area (Å²) < 4.78 is 3.87. The Morgan fingerprint density at radius 2 is 1.04 bits per heavy atom. The Bertz CT molecular complexity index is 1220. The Morgan fingerprint density at radius 1 is 0.587 bits per heavy atom. The standard InChI is InChI=1S/C39H68N6O/c1-5-7-9-11-13-15-16-17-18-20-22-24-26-28-34(4)30-45-38-36(43-39(45)46)35-37(40-31-41-38)44(32-42-35)29-33(3)27-25-23-21-19-14-12-10-8-6-2/h31-34H,5-30H2,1-4H3. The van der Waals surface area contributed by atoms with Crippen molar-refractivity contribution >= 4 is 11.2 Å². The van der Waals surface area contributed by atoms with Crippen molar-refractivity contribution in [3.63, 3.8) is 0 Å². The van der Waals surface area contributed by atoms with Crippen LogP contribution in [0.3, 0.4) is 0 Å². The molecule has 0 saturated heterocycles. The van der Waals surface area contributed by atoms with Crippen LogP contribution in [0.1, 0.15) is 182 Å². The Morgan fingerprint density at radius 3 is 1.54 bits per heavy atom. The number of imidazole rings is 2. The molecule has 7 heteroatoms. The lowest BCUT2D eigenvalue weighted by atomic mass is 10.0. The minimum atomic E-state index is -0.222. The van der Waals surface area contributed by atoms with E-state index in [4.69, 9.17) is 0 Å². The molecule has 2 atom stereocenters. The Hall–Kier alpha value is -2.31. The van der Waals surface area contributed by atoms with Gasteiger partial charge in [0.05, 0.1) is 6.33 Å². The molecule has 2 aliphatic heterocycles. The topological polar surface area (TPSA) is 78.5 Å². The van der Waals surface area contributed by atoms with Crippen molar-refractivity contribution in [1.82, 2.24) is 29.1 Å². The van der Waals surface area contributed by atoms with Gasteiger partial charge in [0.25, 0.3) is 0 Å². The van der Waals surface area contributed by atoms with Gasteiger partial charge in [-0.25, -0.2) is 19.7 Å². The SMILES string of the molecule is CCCCCCCCCCCCCCCC(C)Cn1c2ncnc3c(ncn3CC(C)CCCCCCCCCCC)c-2nc1=O. The molecule has 0 spiro atoms. The molecular formula is C39H68N6O. The maximum absolute atomic E-state index is 13.0. The van der Waals surface area contributed by atoms with Crippen LogP contribution in [0.25, 0.3) is 22.7 Å². The van der Waals surface area contributed by atoms with E-state index in [9.17, 15) is 4.79 Å². The summed E-state index contributed by atoms with van der Waals surface area (Å²) in [5.41, 5.74) is 1.81. The highest BCUT2D eigenvalue weighted by molar-refractivity contribution is 5.85. The molecule has 0 bridgehead atoms. The first-order chi connectivity index (χ1) is 22.5. The number of fused-ring (bicyclic) bond motifs is 3. The molecule has 1 aromatic heterocycles. The third kappa shape index (κ3) is 13.8. The van der Waals surface area contributed by atoms with Gasteiger partial charge in [0, 0.05) is 13.1 Å². The fourth-order valence-electron chi connectivity index (χ4n) is 6.97. The molecule has 0 fully saturated rings. The largest absolute Gasteiger partial charge is 0.350 e. The monoisotopic (exact) mass is 637 g/mol. The second-order valence-electron chi connectivity index (χ2n) is 14.5. The van der Waals surface area contributed by atoms with E-state index in [0.717, 1.165) is 18.6 Å². The van der Waals surface area contributed by atoms with Crippen molar-refractivity contribution in [3.05, 3.63) is 23.1 Å². The lowest BCUT2D eigenvalue weighted by Gasteiger charge is -2.12. The van der Waals surface area contributed by atoms with E-state index < -0.39 is 0 Å². The molecule has 46 heavy (non-hydrogen) atoms. The van der Waals surface area contributed by atoms with Crippen molar-refractivity contribution in [3.8, 4) is 11.5 Å². The van der Waals surface area contributed by atoms with Crippen LogP contribution in [0, 0.1) is 11.8 Å². The minimum Gasteiger partial charge on any atom is -0.315 e. The summed E-state index contributed by atoms with van der Waals surface area (Å²) >= 11 is 0. The van der Waals surface area contributed by atoms with Gasteiger partial charge in [0.2, 0.25) is 0 Å². The van der Waals surface area contributed by atoms with Crippen molar-refractivity contribution in [2.45, 2.75) is 195 Å². The molecule has 0 amide bonds. The van der Waals surface area contributed by atoms with Gasteiger partial charge in [-0.3, -0.25) is 4.57 Å². The normalized spacial score (nSPS) is 13.2. The molecule has 2 aliphatic rings. The van der Waals surface area contributed by atoms with Gasteiger partial charge in [0.1, 0.15) is 17.5 Å². The molecule has 260 valence electrons. The lowest BCUT2D eigenvalue weighted by Crippen LogP contribution is -2.21. The third-order valence-corrected chi connectivity index (χ3v) is 9.90. The third-order valence-electron chi connectivity index (χ3n) is 9.90. The minimum absolute atomic E-state index is 0.222. The number of aromatic nitrogens is 6. The highest BCUT2D eigenvalue weighted by atomic mass is 16.1. The van der Waals surface area contributed by atoms with E-state index in [-0.39, 0.29) is 5.69 Å². The van der Waals surface area contributed by atoms with Crippen LogP contribution in [0.15, 0.2) is 17.4 Å². The van der Waals surface area contributed by atoms with Crippen molar-refractivity contribution < 1.29 is 0 Å². The first-order valence-corrected chi connectivity index (χ1v) is 19.6. The summed E-state index contributed by atoms with van der Waals surface area (Å²) in [5, 5.41) is 0. The molecule has 2 unspecified atom stereocenters. The van der Waals surface area contributed by atoms with Crippen molar-refractivity contribution in [1.29, 1.82) is 0 Å². The van der Waals surface area contributed by atoms with Crippen molar-refractivity contribution in [2.75, 3.05) is 0 Å². The lowest BCUT2D eigenvalue weighted by molar-refractivity contribution is 0.419. The van der Waals surface area contributed by atoms with Crippen LogP contribution in [0.5, 0.6) is 0 Å². The van der Waals surface area contributed by atoms with Gasteiger partial charge in [-0.15, -0.1) is 0 Å². The summed E-state index contributed by atoms with van der Waals surface area (Å²) in [4.78, 5) is 31.4. The first-order valence-electron chi connectivity index (χ1n) is 19.6.